The Hall–Kier alpha value is -2.10. The van der Waals surface area contributed by atoms with Crippen LogP contribution in [0.25, 0.3) is 0 Å². The van der Waals surface area contributed by atoms with Crippen LogP contribution in [0.2, 0.25) is 0 Å². The molecule has 4 heteroatoms. The second kappa shape index (κ2) is 5.72. The van der Waals surface area contributed by atoms with E-state index in [0.29, 0.717) is 11.6 Å². The van der Waals surface area contributed by atoms with Gasteiger partial charge in [-0.2, -0.15) is 0 Å². The molecule has 0 aromatic carbocycles. The molecule has 0 unspecified atom stereocenters. The van der Waals surface area contributed by atoms with Gasteiger partial charge in [0.05, 0.1) is 5.56 Å². The molecule has 1 aliphatic rings. The number of hydrogen-bond acceptors (Lipinski definition) is 2. The van der Waals surface area contributed by atoms with Crippen LogP contribution in [0.1, 0.15) is 40.6 Å². The summed E-state index contributed by atoms with van der Waals surface area (Å²) in [6.07, 6.45) is 5.37. The number of amides is 1. The van der Waals surface area contributed by atoms with E-state index in [1.54, 1.807) is 12.4 Å². The Balaban J connectivity index is 1.67. The average Bonchev–Trinajstić information content (AvgIpc) is 2.87. The molecule has 2 aromatic rings. The van der Waals surface area contributed by atoms with Crippen molar-refractivity contribution in [1.82, 2.24) is 14.5 Å². The van der Waals surface area contributed by atoms with Crippen molar-refractivity contribution in [3.63, 3.8) is 0 Å². The van der Waals surface area contributed by atoms with Crippen LogP contribution in [0.5, 0.6) is 0 Å². The summed E-state index contributed by atoms with van der Waals surface area (Å²) in [4.78, 5) is 18.4. The number of nitrogens with zero attached hydrogens (tertiary/aromatic N) is 3. The van der Waals surface area contributed by atoms with Gasteiger partial charge in [-0.25, -0.2) is 0 Å². The van der Waals surface area contributed by atoms with E-state index < -0.39 is 0 Å². The maximum absolute atomic E-state index is 12.4. The van der Waals surface area contributed by atoms with Gasteiger partial charge in [0, 0.05) is 42.9 Å². The van der Waals surface area contributed by atoms with Gasteiger partial charge in [-0.3, -0.25) is 9.78 Å². The first-order valence-corrected chi connectivity index (χ1v) is 7.50. The van der Waals surface area contributed by atoms with E-state index in [1.807, 2.05) is 17.0 Å². The van der Waals surface area contributed by atoms with Crippen molar-refractivity contribution in [2.24, 2.45) is 0 Å². The molecule has 110 valence electrons. The molecule has 0 saturated carbocycles. The predicted octanol–water partition coefficient (Wildman–Crippen LogP) is 2.98. The van der Waals surface area contributed by atoms with E-state index in [0.717, 1.165) is 25.9 Å². The largest absolute Gasteiger partial charge is 0.346 e. The Kier molecular flexibility index (Phi) is 3.78. The molecular formula is C17H21N3O. The van der Waals surface area contributed by atoms with E-state index >= 15 is 0 Å². The average molecular weight is 283 g/mol. The fraction of sp³-hybridized carbons (Fsp3) is 0.412. The second-order valence-corrected chi connectivity index (χ2v) is 5.75. The third-order valence-electron chi connectivity index (χ3n) is 4.35. The van der Waals surface area contributed by atoms with Gasteiger partial charge in [-0.15, -0.1) is 0 Å². The molecule has 0 atom stereocenters. The number of pyridine rings is 1. The maximum atomic E-state index is 12.4. The lowest BCUT2D eigenvalue weighted by Gasteiger charge is -2.34. The number of piperidine rings is 1. The van der Waals surface area contributed by atoms with Gasteiger partial charge < -0.3 is 9.47 Å². The van der Waals surface area contributed by atoms with Gasteiger partial charge in [-0.05, 0) is 51.0 Å². The van der Waals surface area contributed by atoms with Gasteiger partial charge in [0.1, 0.15) is 0 Å². The fourth-order valence-corrected chi connectivity index (χ4v) is 3.25. The Labute approximate surface area is 125 Å². The third kappa shape index (κ3) is 2.71. The molecule has 0 N–H and O–H groups in total. The molecule has 1 saturated heterocycles. The zero-order valence-electron chi connectivity index (χ0n) is 12.6. The van der Waals surface area contributed by atoms with Crippen molar-refractivity contribution < 1.29 is 4.79 Å². The number of aromatic nitrogens is 2. The monoisotopic (exact) mass is 283 g/mol. The summed E-state index contributed by atoms with van der Waals surface area (Å²) in [5.74, 6) is 0.0995. The first-order chi connectivity index (χ1) is 10.2. The second-order valence-electron chi connectivity index (χ2n) is 5.75. The zero-order valence-corrected chi connectivity index (χ0v) is 12.6. The van der Waals surface area contributed by atoms with E-state index in [-0.39, 0.29) is 5.91 Å². The number of carbonyl (C=O) groups excluding carboxylic acids is 1. The predicted molar refractivity (Wildman–Crippen MR) is 82.3 cm³/mol. The molecule has 0 spiro atoms. The molecule has 1 aliphatic heterocycles. The lowest BCUT2D eigenvalue weighted by molar-refractivity contribution is 0.0693. The number of carbonyl (C=O) groups is 1. The highest BCUT2D eigenvalue weighted by atomic mass is 16.2. The van der Waals surface area contributed by atoms with Gasteiger partial charge >= 0.3 is 0 Å². The van der Waals surface area contributed by atoms with Crippen molar-refractivity contribution in [2.75, 3.05) is 13.1 Å². The summed E-state index contributed by atoms with van der Waals surface area (Å²) in [5.41, 5.74) is 3.30. The van der Waals surface area contributed by atoms with E-state index in [1.165, 1.54) is 11.4 Å². The summed E-state index contributed by atoms with van der Waals surface area (Å²) in [6, 6.07) is 8.50. The Bertz CT molecular complexity index is 605. The molecule has 21 heavy (non-hydrogen) atoms. The normalized spacial score (nSPS) is 16.2. The molecular weight excluding hydrogens is 262 g/mol. The highest BCUT2D eigenvalue weighted by molar-refractivity contribution is 5.93. The first kappa shape index (κ1) is 13.9. The molecule has 3 heterocycles. The van der Waals surface area contributed by atoms with Crippen LogP contribution in [0.4, 0.5) is 0 Å². The Morgan fingerprint density at radius 3 is 2.38 bits per heavy atom. The van der Waals surface area contributed by atoms with Gasteiger partial charge in [0.15, 0.2) is 0 Å². The van der Waals surface area contributed by atoms with Crippen LogP contribution in [0.15, 0.2) is 36.7 Å². The number of rotatable bonds is 2. The van der Waals surface area contributed by atoms with Crippen LogP contribution in [-0.2, 0) is 0 Å². The van der Waals surface area contributed by atoms with E-state index in [9.17, 15) is 4.79 Å². The SMILES string of the molecule is Cc1ccc(C)n1C1CCN(C(=O)c2cccnc2)CC1. The van der Waals surface area contributed by atoms with Crippen LogP contribution < -0.4 is 0 Å². The number of aryl methyl sites for hydroxylation is 2. The van der Waals surface area contributed by atoms with Crippen LogP contribution in [-0.4, -0.2) is 33.4 Å². The molecule has 0 bridgehead atoms. The van der Waals surface area contributed by atoms with Gasteiger partial charge in [0.2, 0.25) is 0 Å². The smallest absolute Gasteiger partial charge is 0.255 e. The van der Waals surface area contributed by atoms with E-state index in [4.69, 9.17) is 0 Å². The fourth-order valence-electron chi connectivity index (χ4n) is 3.25. The minimum Gasteiger partial charge on any atom is -0.346 e. The number of hydrogen-bond donors (Lipinski definition) is 0. The minimum atomic E-state index is 0.0995. The number of likely N-dealkylation sites (tertiary alicyclic amines) is 1. The van der Waals surface area contributed by atoms with Crippen molar-refractivity contribution in [3.05, 3.63) is 53.6 Å². The summed E-state index contributed by atoms with van der Waals surface area (Å²) in [5, 5.41) is 0. The molecule has 0 radical (unpaired) electrons. The van der Waals surface area contributed by atoms with Crippen LogP contribution in [0, 0.1) is 13.8 Å². The van der Waals surface area contributed by atoms with Crippen molar-refractivity contribution in [3.8, 4) is 0 Å². The summed E-state index contributed by atoms with van der Waals surface area (Å²) >= 11 is 0. The summed E-state index contributed by atoms with van der Waals surface area (Å²) < 4.78 is 2.41. The minimum absolute atomic E-state index is 0.0995. The maximum Gasteiger partial charge on any atom is 0.255 e. The summed E-state index contributed by atoms with van der Waals surface area (Å²) in [6.45, 7) is 5.94. The van der Waals surface area contributed by atoms with E-state index in [2.05, 4.69) is 35.5 Å². The molecule has 2 aromatic heterocycles. The van der Waals surface area contributed by atoms with Crippen molar-refractivity contribution in [1.29, 1.82) is 0 Å². The zero-order chi connectivity index (χ0) is 14.8. The van der Waals surface area contributed by atoms with Crippen molar-refractivity contribution >= 4 is 5.91 Å². The van der Waals surface area contributed by atoms with Crippen molar-refractivity contribution in [2.45, 2.75) is 32.7 Å². The lowest BCUT2D eigenvalue weighted by Crippen LogP contribution is -2.39. The standard InChI is InChI=1S/C17H21N3O/c1-13-5-6-14(2)20(13)16-7-10-19(11-8-16)17(21)15-4-3-9-18-12-15/h3-6,9,12,16H,7-8,10-11H2,1-2H3. The molecule has 3 rings (SSSR count). The van der Waals surface area contributed by atoms with Crippen LogP contribution >= 0.6 is 0 Å². The highest BCUT2D eigenvalue weighted by Gasteiger charge is 2.25. The first-order valence-electron chi connectivity index (χ1n) is 7.50. The van der Waals surface area contributed by atoms with Crippen LogP contribution in [0.3, 0.4) is 0 Å². The molecule has 1 fully saturated rings. The molecule has 4 nitrogen and oxygen atoms in total. The Morgan fingerprint density at radius 2 is 1.81 bits per heavy atom. The third-order valence-corrected chi connectivity index (χ3v) is 4.35. The van der Waals surface area contributed by atoms with Gasteiger partial charge in [0.25, 0.3) is 5.91 Å². The summed E-state index contributed by atoms with van der Waals surface area (Å²) in [7, 11) is 0. The van der Waals surface area contributed by atoms with Gasteiger partial charge in [-0.1, -0.05) is 0 Å². The molecule has 1 amide bonds. The Morgan fingerprint density at radius 1 is 1.14 bits per heavy atom. The quantitative estimate of drug-likeness (QED) is 0.850. The molecule has 0 aliphatic carbocycles. The highest BCUT2D eigenvalue weighted by Crippen LogP contribution is 2.27. The topological polar surface area (TPSA) is 38.1 Å². The lowest BCUT2D eigenvalue weighted by atomic mass is 10.0.